The van der Waals surface area contributed by atoms with Crippen molar-refractivity contribution in [2.45, 2.75) is 14.7 Å². The SMILES string of the molecule is CSc1cc2cc(SC)c(SC)cc2cc1O. The summed E-state index contributed by atoms with van der Waals surface area (Å²) in [6.07, 6.45) is 6.15. The minimum atomic E-state index is 0.369. The summed E-state index contributed by atoms with van der Waals surface area (Å²) in [5.74, 6) is 0.369. The van der Waals surface area contributed by atoms with Crippen molar-refractivity contribution in [3.05, 3.63) is 24.3 Å². The van der Waals surface area contributed by atoms with E-state index in [-0.39, 0.29) is 0 Å². The van der Waals surface area contributed by atoms with E-state index < -0.39 is 0 Å². The first kappa shape index (κ1) is 13.0. The Morgan fingerprint density at radius 1 is 0.706 bits per heavy atom. The molecule has 0 heterocycles. The molecule has 2 aromatic carbocycles. The molecule has 2 aromatic rings. The van der Waals surface area contributed by atoms with Crippen LogP contribution in [0.1, 0.15) is 0 Å². The Hall–Kier alpha value is -0.450. The molecular weight excluding hydrogens is 268 g/mol. The Morgan fingerprint density at radius 2 is 1.12 bits per heavy atom. The van der Waals surface area contributed by atoms with Gasteiger partial charge in [-0.1, -0.05) is 0 Å². The van der Waals surface area contributed by atoms with Gasteiger partial charge in [0.1, 0.15) is 5.75 Å². The largest absolute Gasteiger partial charge is 0.507 e. The van der Waals surface area contributed by atoms with Crippen molar-refractivity contribution in [3.8, 4) is 5.75 Å². The van der Waals surface area contributed by atoms with Crippen LogP contribution < -0.4 is 0 Å². The summed E-state index contributed by atoms with van der Waals surface area (Å²) in [4.78, 5) is 3.49. The molecule has 0 aliphatic carbocycles. The normalized spacial score (nSPS) is 11.0. The summed E-state index contributed by atoms with van der Waals surface area (Å²) >= 11 is 5.08. The molecule has 0 aromatic heterocycles. The Labute approximate surface area is 114 Å². The van der Waals surface area contributed by atoms with Gasteiger partial charge in [0, 0.05) is 14.7 Å². The highest BCUT2D eigenvalue weighted by Gasteiger charge is 2.07. The summed E-state index contributed by atoms with van der Waals surface area (Å²) in [6, 6.07) is 8.25. The van der Waals surface area contributed by atoms with Crippen molar-refractivity contribution in [1.29, 1.82) is 0 Å². The highest BCUT2D eigenvalue weighted by Crippen LogP contribution is 2.37. The standard InChI is InChI=1S/C13H14OS3/c1-15-11-5-9-7-13(17-3)12(16-2)6-8(9)4-10(11)14/h4-7,14H,1-3H3. The zero-order valence-corrected chi connectivity index (χ0v) is 12.4. The third-order valence-electron chi connectivity index (χ3n) is 2.64. The lowest BCUT2D eigenvalue weighted by Crippen LogP contribution is -1.82. The molecule has 0 saturated heterocycles. The van der Waals surface area contributed by atoms with Crippen LogP contribution in [0.25, 0.3) is 10.8 Å². The van der Waals surface area contributed by atoms with Crippen LogP contribution >= 0.6 is 35.3 Å². The van der Waals surface area contributed by atoms with E-state index in [4.69, 9.17) is 0 Å². The van der Waals surface area contributed by atoms with Crippen LogP contribution in [0.5, 0.6) is 5.75 Å². The second-order valence-corrected chi connectivity index (χ2v) is 6.12. The first-order valence-corrected chi connectivity index (χ1v) is 8.79. The lowest BCUT2D eigenvalue weighted by atomic mass is 10.1. The van der Waals surface area contributed by atoms with Crippen LogP contribution in [-0.2, 0) is 0 Å². The summed E-state index contributed by atoms with van der Waals surface area (Å²) in [6.45, 7) is 0. The number of aromatic hydroxyl groups is 1. The van der Waals surface area contributed by atoms with E-state index in [0.29, 0.717) is 5.75 Å². The molecule has 17 heavy (non-hydrogen) atoms. The molecule has 2 rings (SSSR count). The van der Waals surface area contributed by atoms with Crippen LogP contribution in [-0.4, -0.2) is 23.9 Å². The molecule has 90 valence electrons. The molecule has 0 amide bonds. The van der Waals surface area contributed by atoms with Gasteiger partial charge >= 0.3 is 0 Å². The second kappa shape index (κ2) is 5.46. The third kappa shape index (κ3) is 2.54. The maximum atomic E-state index is 9.87. The second-order valence-electron chi connectivity index (χ2n) is 3.58. The zero-order valence-electron chi connectivity index (χ0n) is 9.98. The molecular formula is C13H14OS3. The highest BCUT2D eigenvalue weighted by molar-refractivity contribution is 8.01. The van der Waals surface area contributed by atoms with Crippen LogP contribution in [0.15, 0.2) is 39.0 Å². The van der Waals surface area contributed by atoms with Crippen LogP contribution in [0.2, 0.25) is 0 Å². The quantitative estimate of drug-likeness (QED) is 0.822. The van der Waals surface area contributed by atoms with E-state index in [2.05, 4.69) is 30.7 Å². The fraction of sp³-hybridized carbons (Fsp3) is 0.231. The van der Waals surface area contributed by atoms with E-state index in [1.54, 1.807) is 35.3 Å². The van der Waals surface area contributed by atoms with Crippen molar-refractivity contribution >= 4 is 46.1 Å². The fourth-order valence-corrected chi connectivity index (χ4v) is 3.78. The Balaban J connectivity index is 2.70. The van der Waals surface area contributed by atoms with Crippen LogP contribution in [0, 0.1) is 0 Å². The lowest BCUT2D eigenvalue weighted by Gasteiger charge is -2.09. The molecule has 0 saturated carbocycles. The Bertz CT molecular complexity index is 552. The van der Waals surface area contributed by atoms with Crippen molar-refractivity contribution in [1.82, 2.24) is 0 Å². The van der Waals surface area contributed by atoms with Crippen LogP contribution in [0.4, 0.5) is 0 Å². The number of phenolic OH excluding ortho intramolecular Hbond substituents is 1. The molecule has 0 bridgehead atoms. The van der Waals surface area contributed by atoms with Crippen molar-refractivity contribution in [2.75, 3.05) is 18.8 Å². The van der Waals surface area contributed by atoms with Gasteiger partial charge in [-0.2, -0.15) is 0 Å². The summed E-state index contributed by atoms with van der Waals surface area (Å²) < 4.78 is 0. The van der Waals surface area contributed by atoms with Crippen molar-refractivity contribution < 1.29 is 5.11 Å². The third-order valence-corrected chi connectivity index (χ3v) is 5.09. The van der Waals surface area contributed by atoms with E-state index >= 15 is 0 Å². The summed E-state index contributed by atoms with van der Waals surface area (Å²) in [5, 5.41) is 12.2. The molecule has 0 atom stereocenters. The van der Waals surface area contributed by atoms with Gasteiger partial charge in [0.2, 0.25) is 0 Å². The van der Waals surface area contributed by atoms with Gasteiger partial charge in [0.15, 0.2) is 0 Å². The highest BCUT2D eigenvalue weighted by atomic mass is 32.2. The summed E-state index contributed by atoms with van der Waals surface area (Å²) in [7, 11) is 0. The molecule has 0 fully saturated rings. The monoisotopic (exact) mass is 282 g/mol. The molecule has 0 unspecified atom stereocenters. The number of rotatable bonds is 3. The van der Waals surface area contributed by atoms with Gasteiger partial charge in [0.05, 0.1) is 0 Å². The van der Waals surface area contributed by atoms with Gasteiger partial charge in [-0.15, -0.1) is 35.3 Å². The first-order valence-electron chi connectivity index (χ1n) is 5.12. The number of hydrogen-bond donors (Lipinski definition) is 1. The Kier molecular flexibility index (Phi) is 4.17. The minimum absolute atomic E-state index is 0.369. The topological polar surface area (TPSA) is 20.2 Å². The van der Waals surface area contributed by atoms with Gasteiger partial charge in [-0.05, 0) is 53.8 Å². The number of thioether (sulfide) groups is 3. The smallest absolute Gasteiger partial charge is 0.129 e. The Morgan fingerprint density at radius 3 is 1.59 bits per heavy atom. The zero-order chi connectivity index (χ0) is 12.4. The molecule has 0 spiro atoms. The van der Waals surface area contributed by atoms with E-state index in [1.807, 2.05) is 12.3 Å². The average molecular weight is 282 g/mol. The predicted octanol–water partition coefficient (Wildman–Crippen LogP) is 4.71. The van der Waals surface area contributed by atoms with Gasteiger partial charge in [-0.3, -0.25) is 0 Å². The van der Waals surface area contributed by atoms with Crippen molar-refractivity contribution in [3.63, 3.8) is 0 Å². The van der Waals surface area contributed by atoms with Crippen LogP contribution in [0.3, 0.4) is 0 Å². The average Bonchev–Trinajstić information content (AvgIpc) is 2.36. The van der Waals surface area contributed by atoms with Gasteiger partial charge < -0.3 is 5.11 Å². The number of phenols is 1. The maximum Gasteiger partial charge on any atom is 0.129 e. The van der Waals surface area contributed by atoms with E-state index in [9.17, 15) is 5.11 Å². The molecule has 0 aliphatic rings. The number of fused-ring (bicyclic) bond motifs is 1. The van der Waals surface area contributed by atoms with E-state index in [0.717, 1.165) is 10.3 Å². The lowest BCUT2D eigenvalue weighted by molar-refractivity contribution is 0.463. The van der Waals surface area contributed by atoms with Gasteiger partial charge in [-0.25, -0.2) is 0 Å². The van der Waals surface area contributed by atoms with Crippen molar-refractivity contribution in [2.24, 2.45) is 0 Å². The predicted molar refractivity (Wildman–Crippen MR) is 81.0 cm³/mol. The molecule has 0 radical (unpaired) electrons. The number of benzene rings is 2. The van der Waals surface area contributed by atoms with E-state index in [1.165, 1.54) is 15.2 Å². The first-order chi connectivity index (χ1) is 8.19. The molecule has 4 heteroatoms. The minimum Gasteiger partial charge on any atom is -0.507 e. The summed E-state index contributed by atoms with van der Waals surface area (Å²) in [5.41, 5.74) is 0. The molecule has 0 aliphatic heterocycles. The maximum absolute atomic E-state index is 9.87. The fourth-order valence-electron chi connectivity index (χ4n) is 1.76. The van der Waals surface area contributed by atoms with Gasteiger partial charge in [0.25, 0.3) is 0 Å². The number of hydrogen-bond acceptors (Lipinski definition) is 4. The molecule has 1 N–H and O–H groups in total. The molecule has 1 nitrogen and oxygen atoms in total.